The number of nitrogens with zero attached hydrogens (tertiary/aromatic N) is 2. The predicted octanol–water partition coefficient (Wildman–Crippen LogP) is 4.47. The minimum atomic E-state index is -0.681. The third kappa shape index (κ3) is 3.50. The standard InChI is InChI=1S/C27H26N2O5/c1-6-13-28-17(4)22(27(32)34-7-2)25(31)19-15-18(11-12-20(19)28)24(30)23-16(3)26(33-5)21-10-8-9-14-29(21)23/h6,8-12,14-15H,1,7,13H2,2-5H3. The third-order valence-electron chi connectivity index (χ3n) is 6.03. The van der Waals surface area contributed by atoms with Gasteiger partial charge in [-0.15, -0.1) is 6.58 Å². The van der Waals surface area contributed by atoms with Gasteiger partial charge in [-0.25, -0.2) is 4.79 Å². The molecule has 0 aliphatic rings. The number of fused-ring (bicyclic) bond motifs is 2. The smallest absolute Gasteiger partial charge is 0.343 e. The Morgan fingerprint density at radius 2 is 1.88 bits per heavy atom. The van der Waals surface area contributed by atoms with Gasteiger partial charge in [0.2, 0.25) is 11.2 Å². The maximum atomic E-state index is 13.7. The summed E-state index contributed by atoms with van der Waals surface area (Å²) in [7, 11) is 1.57. The Labute approximate surface area is 196 Å². The summed E-state index contributed by atoms with van der Waals surface area (Å²) in [5, 5.41) is 0.270. The van der Waals surface area contributed by atoms with Crippen LogP contribution in [0.4, 0.5) is 0 Å². The summed E-state index contributed by atoms with van der Waals surface area (Å²) >= 11 is 0. The zero-order chi connectivity index (χ0) is 24.6. The molecule has 34 heavy (non-hydrogen) atoms. The van der Waals surface area contributed by atoms with E-state index in [1.807, 2.05) is 29.7 Å². The number of hydrogen-bond acceptors (Lipinski definition) is 5. The molecule has 0 aliphatic heterocycles. The van der Waals surface area contributed by atoms with Crippen molar-refractivity contribution in [2.45, 2.75) is 27.3 Å². The third-order valence-corrected chi connectivity index (χ3v) is 6.03. The average molecular weight is 459 g/mol. The molecule has 174 valence electrons. The number of esters is 1. The Kier molecular flexibility index (Phi) is 6.11. The van der Waals surface area contributed by atoms with Gasteiger partial charge in [0.25, 0.3) is 0 Å². The molecule has 7 nitrogen and oxygen atoms in total. The zero-order valence-corrected chi connectivity index (χ0v) is 19.7. The van der Waals surface area contributed by atoms with Crippen LogP contribution in [-0.2, 0) is 11.3 Å². The molecule has 0 amide bonds. The number of aromatic nitrogens is 2. The molecular formula is C27H26N2O5. The molecule has 0 spiro atoms. The summed E-state index contributed by atoms with van der Waals surface area (Å²) in [4.78, 5) is 39.7. The number of carbonyl (C=O) groups excluding carboxylic acids is 2. The van der Waals surface area contributed by atoms with Crippen molar-refractivity contribution >= 4 is 28.2 Å². The van der Waals surface area contributed by atoms with Crippen LogP contribution in [0, 0.1) is 13.8 Å². The molecule has 0 saturated carbocycles. The molecule has 3 aromatic heterocycles. The van der Waals surface area contributed by atoms with E-state index in [1.54, 1.807) is 55.8 Å². The monoisotopic (exact) mass is 458 g/mol. The Morgan fingerprint density at radius 1 is 1.12 bits per heavy atom. The van der Waals surface area contributed by atoms with E-state index in [4.69, 9.17) is 9.47 Å². The lowest BCUT2D eigenvalue weighted by atomic mass is 10.0. The molecule has 0 bridgehead atoms. The second-order valence-electron chi connectivity index (χ2n) is 7.93. The van der Waals surface area contributed by atoms with E-state index in [-0.39, 0.29) is 23.3 Å². The van der Waals surface area contributed by atoms with Gasteiger partial charge in [-0.1, -0.05) is 12.1 Å². The van der Waals surface area contributed by atoms with E-state index in [2.05, 4.69) is 6.58 Å². The normalized spacial score (nSPS) is 11.1. The Bertz CT molecular complexity index is 1520. The van der Waals surface area contributed by atoms with Crippen molar-refractivity contribution in [1.82, 2.24) is 8.97 Å². The van der Waals surface area contributed by atoms with Crippen LogP contribution < -0.4 is 10.2 Å². The first-order valence-electron chi connectivity index (χ1n) is 11.0. The van der Waals surface area contributed by atoms with Gasteiger partial charge in [-0.3, -0.25) is 9.59 Å². The SMILES string of the molecule is C=CCn1c(C)c(C(=O)OCC)c(=O)c2cc(C(=O)c3c(C)c(OC)c4ccccn34)ccc21. The van der Waals surface area contributed by atoms with Crippen molar-refractivity contribution in [2.24, 2.45) is 0 Å². The fourth-order valence-electron chi connectivity index (χ4n) is 4.49. The largest absolute Gasteiger partial charge is 0.494 e. The van der Waals surface area contributed by atoms with Crippen molar-refractivity contribution in [3.8, 4) is 5.75 Å². The maximum Gasteiger partial charge on any atom is 0.343 e. The molecule has 0 aliphatic carbocycles. The highest BCUT2D eigenvalue weighted by Crippen LogP contribution is 2.32. The summed E-state index contributed by atoms with van der Waals surface area (Å²) in [5.41, 5.74) is 2.88. The number of ether oxygens (including phenoxy) is 2. The Balaban J connectivity index is 1.98. The Hall–Kier alpha value is -4.13. The van der Waals surface area contributed by atoms with Crippen LogP contribution in [0.25, 0.3) is 16.4 Å². The first kappa shape index (κ1) is 23.0. The fraction of sp³-hybridized carbons (Fsp3) is 0.222. The first-order chi connectivity index (χ1) is 16.3. The molecular weight excluding hydrogens is 432 g/mol. The quantitative estimate of drug-likeness (QED) is 0.232. The molecule has 1 aromatic carbocycles. The molecule has 0 N–H and O–H groups in total. The van der Waals surface area contributed by atoms with Crippen LogP contribution in [0.3, 0.4) is 0 Å². The fourth-order valence-corrected chi connectivity index (χ4v) is 4.49. The van der Waals surface area contributed by atoms with Gasteiger partial charge in [-0.05, 0) is 51.1 Å². The molecule has 0 fully saturated rings. The molecule has 4 rings (SSSR count). The molecule has 3 heterocycles. The molecule has 4 aromatic rings. The van der Waals surface area contributed by atoms with Crippen LogP contribution in [0.15, 0.2) is 60.0 Å². The second kappa shape index (κ2) is 9.02. The molecule has 7 heteroatoms. The average Bonchev–Trinajstić information content (AvgIpc) is 3.12. The van der Waals surface area contributed by atoms with Crippen LogP contribution in [0.2, 0.25) is 0 Å². The molecule has 0 radical (unpaired) electrons. The summed E-state index contributed by atoms with van der Waals surface area (Å²) < 4.78 is 14.3. The van der Waals surface area contributed by atoms with E-state index in [0.29, 0.717) is 40.3 Å². The number of rotatable bonds is 7. The predicted molar refractivity (Wildman–Crippen MR) is 131 cm³/mol. The van der Waals surface area contributed by atoms with E-state index >= 15 is 0 Å². The highest BCUT2D eigenvalue weighted by molar-refractivity contribution is 6.12. The second-order valence-corrected chi connectivity index (χ2v) is 7.93. The van der Waals surface area contributed by atoms with Gasteiger partial charge in [0.1, 0.15) is 17.0 Å². The number of methoxy groups -OCH3 is 1. The maximum absolute atomic E-state index is 13.7. The van der Waals surface area contributed by atoms with Gasteiger partial charge in [-0.2, -0.15) is 0 Å². The number of pyridine rings is 2. The lowest BCUT2D eigenvalue weighted by Crippen LogP contribution is -2.24. The zero-order valence-electron chi connectivity index (χ0n) is 19.7. The number of ketones is 1. The van der Waals surface area contributed by atoms with Gasteiger partial charge in [0.05, 0.1) is 24.8 Å². The van der Waals surface area contributed by atoms with Crippen molar-refractivity contribution in [1.29, 1.82) is 0 Å². The highest BCUT2D eigenvalue weighted by atomic mass is 16.5. The lowest BCUT2D eigenvalue weighted by molar-refractivity contribution is 0.0523. The van der Waals surface area contributed by atoms with Crippen LogP contribution in [-0.4, -0.2) is 34.4 Å². The molecule has 0 atom stereocenters. The number of carbonyl (C=O) groups is 2. The number of hydrogen-bond donors (Lipinski definition) is 0. The van der Waals surface area contributed by atoms with Crippen LogP contribution >= 0.6 is 0 Å². The van der Waals surface area contributed by atoms with Crippen molar-refractivity contribution in [2.75, 3.05) is 13.7 Å². The summed E-state index contributed by atoms with van der Waals surface area (Å²) in [5.74, 6) is -0.310. The van der Waals surface area contributed by atoms with E-state index in [1.165, 1.54) is 0 Å². The van der Waals surface area contributed by atoms with Crippen molar-refractivity contribution in [3.05, 3.63) is 93.6 Å². The van der Waals surface area contributed by atoms with Gasteiger partial charge < -0.3 is 18.4 Å². The minimum Gasteiger partial charge on any atom is -0.494 e. The van der Waals surface area contributed by atoms with Gasteiger partial charge in [0, 0.05) is 34.9 Å². The summed E-state index contributed by atoms with van der Waals surface area (Å²) in [6, 6.07) is 10.6. The van der Waals surface area contributed by atoms with E-state index in [9.17, 15) is 14.4 Å². The number of benzene rings is 1. The minimum absolute atomic E-state index is 0.0354. The van der Waals surface area contributed by atoms with Gasteiger partial charge >= 0.3 is 5.97 Å². The first-order valence-corrected chi connectivity index (χ1v) is 11.0. The van der Waals surface area contributed by atoms with E-state index < -0.39 is 11.4 Å². The molecule has 0 unspecified atom stereocenters. The Morgan fingerprint density at radius 3 is 2.56 bits per heavy atom. The van der Waals surface area contributed by atoms with Crippen molar-refractivity contribution < 1.29 is 19.1 Å². The summed E-state index contributed by atoms with van der Waals surface area (Å²) in [6.07, 6.45) is 3.49. The highest BCUT2D eigenvalue weighted by Gasteiger charge is 2.25. The van der Waals surface area contributed by atoms with Crippen molar-refractivity contribution in [3.63, 3.8) is 0 Å². The lowest BCUT2D eigenvalue weighted by Gasteiger charge is -2.17. The summed E-state index contributed by atoms with van der Waals surface area (Å²) in [6.45, 7) is 9.55. The molecule has 0 saturated heterocycles. The topological polar surface area (TPSA) is 79.0 Å². The van der Waals surface area contributed by atoms with E-state index in [0.717, 1.165) is 5.52 Å². The van der Waals surface area contributed by atoms with Crippen LogP contribution in [0.1, 0.15) is 44.6 Å². The van der Waals surface area contributed by atoms with Crippen LogP contribution in [0.5, 0.6) is 5.75 Å². The van der Waals surface area contributed by atoms with Gasteiger partial charge in [0.15, 0.2) is 0 Å². The number of allylic oxidation sites excluding steroid dienone is 1.